The number of benzene rings is 1. The Balaban J connectivity index is 2.07. The fourth-order valence-corrected chi connectivity index (χ4v) is 2.76. The average Bonchev–Trinajstić information content (AvgIpc) is 2.48. The third kappa shape index (κ3) is 3.97. The lowest BCUT2D eigenvalue weighted by molar-refractivity contribution is 0.376. The Bertz CT molecular complexity index is 430. The van der Waals surface area contributed by atoms with Crippen LogP contribution in [0.15, 0.2) is 24.3 Å². The van der Waals surface area contributed by atoms with Gasteiger partial charge in [0.1, 0.15) is 0 Å². The van der Waals surface area contributed by atoms with Crippen LogP contribution in [0.4, 0.5) is 5.69 Å². The van der Waals surface area contributed by atoms with Crippen LogP contribution in [0.25, 0.3) is 0 Å². The van der Waals surface area contributed by atoms with Gasteiger partial charge in [-0.3, -0.25) is 0 Å². The first-order chi connectivity index (χ1) is 9.33. The second-order valence-electron chi connectivity index (χ2n) is 5.32. The molecule has 1 atom stereocenters. The zero-order chi connectivity index (χ0) is 13.5. The summed E-state index contributed by atoms with van der Waals surface area (Å²) in [5.41, 5.74) is 1.94. The molecule has 19 heavy (non-hydrogen) atoms. The van der Waals surface area contributed by atoms with Crippen molar-refractivity contribution in [2.75, 3.05) is 31.1 Å². The van der Waals surface area contributed by atoms with Gasteiger partial charge in [-0.1, -0.05) is 13.0 Å². The largest absolute Gasteiger partial charge is 0.371 e. The second kappa shape index (κ2) is 7.16. The van der Waals surface area contributed by atoms with Crippen molar-refractivity contribution in [1.29, 1.82) is 5.26 Å². The number of hydrogen-bond acceptors (Lipinski definition) is 3. The number of nitrogens with zero attached hydrogens (tertiary/aromatic N) is 2. The number of nitrogens with one attached hydrogen (secondary N) is 1. The Morgan fingerprint density at radius 3 is 3.05 bits per heavy atom. The van der Waals surface area contributed by atoms with Crippen LogP contribution in [0.5, 0.6) is 0 Å². The van der Waals surface area contributed by atoms with Gasteiger partial charge >= 0.3 is 0 Å². The highest BCUT2D eigenvalue weighted by molar-refractivity contribution is 5.51. The Morgan fingerprint density at radius 2 is 2.37 bits per heavy atom. The highest BCUT2D eigenvalue weighted by Gasteiger charge is 2.17. The smallest absolute Gasteiger partial charge is 0.0992 e. The first-order valence-corrected chi connectivity index (χ1v) is 7.29. The molecule has 1 aliphatic heterocycles. The minimum Gasteiger partial charge on any atom is -0.371 e. The van der Waals surface area contributed by atoms with Crippen molar-refractivity contribution in [3.05, 3.63) is 29.8 Å². The van der Waals surface area contributed by atoms with Crippen molar-refractivity contribution >= 4 is 5.69 Å². The highest BCUT2D eigenvalue weighted by Crippen LogP contribution is 2.20. The van der Waals surface area contributed by atoms with Gasteiger partial charge in [0.2, 0.25) is 0 Å². The van der Waals surface area contributed by atoms with Gasteiger partial charge < -0.3 is 10.2 Å². The molecule has 1 aromatic rings. The molecule has 0 saturated carbocycles. The van der Waals surface area contributed by atoms with Crippen LogP contribution in [0.1, 0.15) is 31.7 Å². The summed E-state index contributed by atoms with van der Waals surface area (Å²) in [6, 6.07) is 10.2. The molecule has 0 aliphatic carbocycles. The molecule has 0 aromatic heterocycles. The van der Waals surface area contributed by atoms with Gasteiger partial charge in [0.05, 0.1) is 11.6 Å². The topological polar surface area (TPSA) is 39.1 Å². The van der Waals surface area contributed by atoms with Crippen LogP contribution in [0.3, 0.4) is 0 Å². The van der Waals surface area contributed by atoms with Gasteiger partial charge in [-0.2, -0.15) is 5.26 Å². The lowest BCUT2D eigenvalue weighted by atomic mass is 9.98. The van der Waals surface area contributed by atoms with Crippen LogP contribution in [0.2, 0.25) is 0 Å². The van der Waals surface area contributed by atoms with E-state index in [1.54, 1.807) is 0 Å². The number of rotatable bonds is 5. The van der Waals surface area contributed by atoms with Crippen LogP contribution >= 0.6 is 0 Å². The molecular formula is C16H23N3. The highest BCUT2D eigenvalue weighted by atomic mass is 15.1. The molecule has 1 N–H and O–H groups in total. The summed E-state index contributed by atoms with van der Waals surface area (Å²) in [4.78, 5) is 2.43. The number of anilines is 1. The predicted molar refractivity (Wildman–Crippen MR) is 79.3 cm³/mol. The summed E-state index contributed by atoms with van der Waals surface area (Å²) >= 11 is 0. The maximum atomic E-state index is 9.02. The van der Waals surface area contributed by atoms with E-state index in [0.717, 1.165) is 44.1 Å². The lowest BCUT2D eigenvalue weighted by Gasteiger charge is -2.31. The normalized spacial score (nSPS) is 18.8. The Morgan fingerprint density at radius 1 is 1.47 bits per heavy atom. The van der Waals surface area contributed by atoms with Gasteiger partial charge in [-0.05, 0) is 56.5 Å². The van der Waals surface area contributed by atoms with Gasteiger partial charge in [-0.15, -0.1) is 0 Å². The third-order valence-electron chi connectivity index (χ3n) is 3.71. The van der Waals surface area contributed by atoms with Crippen LogP contribution in [-0.4, -0.2) is 26.2 Å². The van der Waals surface area contributed by atoms with E-state index < -0.39 is 0 Å². The van der Waals surface area contributed by atoms with E-state index in [2.05, 4.69) is 29.3 Å². The standard InChI is InChI=1S/C16H23N3/c1-2-9-19(13-15-6-4-8-18-12-15)16-7-3-5-14(10-16)11-17/h3,5,7,10,15,18H,2,4,6,8-9,12-13H2,1H3. The maximum absolute atomic E-state index is 9.02. The van der Waals surface area contributed by atoms with E-state index >= 15 is 0 Å². The van der Waals surface area contributed by atoms with Crippen LogP contribution < -0.4 is 10.2 Å². The fraction of sp³-hybridized carbons (Fsp3) is 0.562. The van der Waals surface area contributed by atoms with Crippen LogP contribution in [-0.2, 0) is 0 Å². The van der Waals surface area contributed by atoms with Crippen molar-refractivity contribution in [1.82, 2.24) is 5.32 Å². The first kappa shape index (κ1) is 13.9. The molecule has 0 spiro atoms. The Hall–Kier alpha value is -1.53. The zero-order valence-corrected chi connectivity index (χ0v) is 11.7. The molecule has 3 heteroatoms. The SMILES string of the molecule is CCCN(CC1CCCNC1)c1cccc(C#N)c1. The molecule has 102 valence electrons. The number of piperidine rings is 1. The summed E-state index contributed by atoms with van der Waals surface area (Å²) in [5, 5.41) is 12.5. The van der Waals surface area contributed by atoms with E-state index in [-0.39, 0.29) is 0 Å². The minimum atomic E-state index is 0.728. The summed E-state index contributed by atoms with van der Waals surface area (Å²) < 4.78 is 0. The van der Waals surface area contributed by atoms with Gasteiger partial charge in [0.25, 0.3) is 0 Å². The average molecular weight is 257 g/mol. The summed E-state index contributed by atoms with van der Waals surface area (Å²) in [7, 11) is 0. The van der Waals surface area contributed by atoms with Crippen molar-refractivity contribution in [2.45, 2.75) is 26.2 Å². The second-order valence-corrected chi connectivity index (χ2v) is 5.32. The van der Waals surface area contributed by atoms with Crippen molar-refractivity contribution < 1.29 is 0 Å². The molecule has 1 aromatic carbocycles. The molecule has 0 bridgehead atoms. The lowest BCUT2D eigenvalue weighted by Crippen LogP contribution is -2.38. The van der Waals surface area contributed by atoms with E-state index in [9.17, 15) is 0 Å². The maximum Gasteiger partial charge on any atom is 0.0992 e. The quantitative estimate of drug-likeness (QED) is 0.881. The molecule has 0 amide bonds. The molecule has 1 heterocycles. The number of hydrogen-bond donors (Lipinski definition) is 1. The molecule has 1 aliphatic rings. The van der Waals surface area contributed by atoms with Crippen molar-refractivity contribution in [3.8, 4) is 6.07 Å². The molecule has 3 nitrogen and oxygen atoms in total. The summed E-state index contributed by atoms with van der Waals surface area (Å²) in [5.74, 6) is 0.728. The van der Waals surface area contributed by atoms with E-state index in [1.807, 2.05) is 18.2 Å². The van der Waals surface area contributed by atoms with Gasteiger partial charge in [0, 0.05) is 18.8 Å². The molecular weight excluding hydrogens is 234 g/mol. The van der Waals surface area contributed by atoms with Gasteiger partial charge in [-0.25, -0.2) is 0 Å². The zero-order valence-electron chi connectivity index (χ0n) is 11.7. The molecule has 0 radical (unpaired) electrons. The third-order valence-corrected chi connectivity index (χ3v) is 3.71. The van der Waals surface area contributed by atoms with Crippen molar-refractivity contribution in [2.24, 2.45) is 5.92 Å². The van der Waals surface area contributed by atoms with E-state index in [0.29, 0.717) is 0 Å². The van der Waals surface area contributed by atoms with E-state index in [4.69, 9.17) is 5.26 Å². The number of nitriles is 1. The summed E-state index contributed by atoms with van der Waals surface area (Å²) in [6.45, 7) is 6.65. The van der Waals surface area contributed by atoms with Crippen LogP contribution in [0, 0.1) is 17.2 Å². The Labute approximate surface area is 116 Å². The Kier molecular flexibility index (Phi) is 5.23. The minimum absolute atomic E-state index is 0.728. The van der Waals surface area contributed by atoms with Gasteiger partial charge in [0.15, 0.2) is 0 Å². The molecule has 1 fully saturated rings. The van der Waals surface area contributed by atoms with E-state index in [1.165, 1.54) is 18.5 Å². The first-order valence-electron chi connectivity index (χ1n) is 7.29. The van der Waals surface area contributed by atoms with Crippen molar-refractivity contribution in [3.63, 3.8) is 0 Å². The molecule has 2 rings (SSSR count). The molecule has 1 saturated heterocycles. The fourth-order valence-electron chi connectivity index (χ4n) is 2.76. The monoisotopic (exact) mass is 257 g/mol. The molecule has 1 unspecified atom stereocenters. The summed E-state index contributed by atoms with van der Waals surface area (Å²) in [6.07, 6.45) is 3.73. The predicted octanol–water partition coefficient (Wildman–Crippen LogP) is 2.77.